The monoisotopic (exact) mass is 308 g/mol. The SMILES string of the molecule is O=CN1CCN(C(=O)C2CCN(C(=O)NC3CC3)CC2)CC1. The second-order valence-electron chi connectivity index (χ2n) is 6.45. The summed E-state index contributed by atoms with van der Waals surface area (Å²) in [5, 5.41) is 3.00. The van der Waals surface area contributed by atoms with E-state index in [-0.39, 0.29) is 17.9 Å². The Labute approximate surface area is 130 Å². The summed E-state index contributed by atoms with van der Waals surface area (Å²) >= 11 is 0. The molecule has 1 aliphatic carbocycles. The third-order valence-corrected chi connectivity index (χ3v) is 4.81. The van der Waals surface area contributed by atoms with Gasteiger partial charge in [0.25, 0.3) is 0 Å². The number of hydrogen-bond donors (Lipinski definition) is 1. The Bertz CT molecular complexity index is 436. The zero-order valence-corrected chi connectivity index (χ0v) is 12.9. The van der Waals surface area contributed by atoms with Crippen molar-refractivity contribution in [3.63, 3.8) is 0 Å². The smallest absolute Gasteiger partial charge is 0.317 e. The number of urea groups is 1. The van der Waals surface area contributed by atoms with Gasteiger partial charge >= 0.3 is 6.03 Å². The van der Waals surface area contributed by atoms with Gasteiger partial charge in [-0.1, -0.05) is 0 Å². The molecule has 4 amide bonds. The molecule has 1 N–H and O–H groups in total. The quantitative estimate of drug-likeness (QED) is 0.738. The van der Waals surface area contributed by atoms with Gasteiger partial charge < -0.3 is 20.0 Å². The minimum absolute atomic E-state index is 0.0211. The van der Waals surface area contributed by atoms with Crippen LogP contribution in [0.5, 0.6) is 0 Å². The van der Waals surface area contributed by atoms with Crippen LogP contribution in [0.25, 0.3) is 0 Å². The van der Waals surface area contributed by atoms with Crippen molar-refractivity contribution >= 4 is 18.3 Å². The summed E-state index contributed by atoms with van der Waals surface area (Å²) in [5.74, 6) is 0.209. The van der Waals surface area contributed by atoms with Gasteiger partial charge in [-0.2, -0.15) is 0 Å². The normalized spacial score (nSPS) is 23.4. The summed E-state index contributed by atoms with van der Waals surface area (Å²) in [6.45, 7) is 3.81. The number of rotatable bonds is 3. The fraction of sp³-hybridized carbons (Fsp3) is 0.800. The van der Waals surface area contributed by atoms with Gasteiger partial charge in [0.05, 0.1) is 0 Å². The van der Waals surface area contributed by atoms with Crippen LogP contribution in [0.1, 0.15) is 25.7 Å². The van der Waals surface area contributed by atoms with E-state index in [0.29, 0.717) is 45.3 Å². The number of hydrogen-bond acceptors (Lipinski definition) is 3. The van der Waals surface area contributed by atoms with Crippen molar-refractivity contribution in [1.82, 2.24) is 20.0 Å². The van der Waals surface area contributed by atoms with E-state index in [1.807, 2.05) is 9.80 Å². The number of piperidine rings is 1. The van der Waals surface area contributed by atoms with Crippen LogP contribution in [0.2, 0.25) is 0 Å². The van der Waals surface area contributed by atoms with Crippen LogP contribution in [0.4, 0.5) is 4.79 Å². The number of carbonyl (C=O) groups excluding carboxylic acids is 3. The van der Waals surface area contributed by atoms with Gasteiger partial charge in [-0.05, 0) is 25.7 Å². The Hall–Kier alpha value is -1.79. The Kier molecular flexibility index (Phi) is 4.49. The highest BCUT2D eigenvalue weighted by molar-refractivity contribution is 5.80. The number of piperazine rings is 1. The van der Waals surface area contributed by atoms with Gasteiger partial charge in [0.15, 0.2) is 0 Å². The van der Waals surface area contributed by atoms with E-state index >= 15 is 0 Å². The summed E-state index contributed by atoms with van der Waals surface area (Å²) in [6.07, 6.45) is 4.51. The van der Waals surface area contributed by atoms with Crippen molar-refractivity contribution < 1.29 is 14.4 Å². The van der Waals surface area contributed by atoms with E-state index in [9.17, 15) is 14.4 Å². The highest BCUT2D eigenvalue weighted by Crippen LogP contribution is 2.22. The molecule has 7 heteroatoms. The summed E-state index contributed by atoms with van der Waals surface area (Å²) in [4.78, 5) is 40.6. The van der Waals surface area contributed by atoms with E-state index < -0.39 is 0 Å². The third kappa shape index (κ3) is 3.51. The number of amides is 4. The molecule has 0 radical (unpaired) electrons. The molecule has 0 atom stereocenters. The second kappa shape index (κ2) is 6.54. The largest absolute Gasteiger partial charge is 0.342 e. The van der Waals surface area contributed by atoms with Gasteiger partial charge in [0, 0.05) is 51.2 Å². The summed E-state index contributed by atoms with van der Waals surface area (Å²) in [6, 6.07) is 0.397. The lowest BCUT2D eigenvalue weighted by Crippen LogP contribution is -2.52. The Morgan fingerprint density at radius 2 is 1.50 bits per heavy atom. The molecule has 1 saturated carbocycles. The number of likely N-dealkylation sites (tertiary alicyclic amines) is 1. The molecule has 3 fully saturated rings. The standard InChI is InChI=1S/C15H24N4O3/c20-11-17-7-9-18(10-8-17)14(21)12-3-5-19(6-4-12)15(22)16-13-1-2-13/h11-13H,1-10H2,(H,16,22). The number of nitrogens with one attached hydrogen (secondary N) is 1. The van der Waals surface area contributed by atoms with E-state index in [1.165, 1.54) is 0 Å². The molecular formula is C15H24N4O3. The first kappa shape index (κ1) is 15.1. The molecule has 0 aromatic heterocycles. The summed E-state index contributed by atoms with van der Waals surface area (Å²) in [5.41, 5.74) is 0. The van der Waals surface area contributed by atoms with Crippen LogP contribution in [-0.4, -0.2) is 78.4 Å². The fourth-order valence-electron chi connectivity index (χ4n) is 3.13. The maximum atomic E-state index is 12.5. The molecule has 7 nitrogen and oxygen atoms in total. The zero-order valence-electron chi connectivity index (χ0n) is 12.9. The van der Waals surface area contributed by atoms with Crippen molar-refractivity contribution in [3.05, 3.63) is 0 Å². The first-order valence-electron chi connectivity index (χ1n) is 8.21. The first-order valence-corrected chi connectivity index (χ1v) is 8.21. The van der Waals surface area contributed by atoms with Crippen molar-refractivity contribution in [1.29, 1.82) is 0 Å². The molecule has 0 aromatic carbocycles. The highest BCUT2D eigenvalue weighted by Gasteiger charge is 2.33. The van der Waals surface area contributed by atoms with Gasteiger partial charge in [-0.25, -0.2) is 4.79 Å². The lowest BCUT2D eigenvalue weighted by atomic mass is 9.95. The van der Waals surface area contributed by atoms with E-state index in [1.54, 1.807) is 4.90 Å². The van der Waals surface area contributed by atoms with Crippen LogP contribution in [0.3, 0.4) is 0 Å². The molecule has 2 aliphatic heterocycles. The van der Waals surface area contributed by atoms with Crippen LogP contribution in [-0.2, 0) is 9.59 Å². The topological polar surface area (TPSA) is 73.0 Å². The van der Waals surface area contributed by atoms with Gasteiger partial charge in [0.2, 0.25) is 12.3 Å². The molecule has 22 heavy (non-hydrogen) atoms. The molecule has 2 heterocycles. The fourth-order valence-corrected chi connectivity index (χ4v) is 3.13. The maximum absolute atomic E-state index is 12.5. The predicted molar refractivity (Wildman–Crippen MR) is 80.1 cm³/mol. The van der Waals surface area contributed by atoms with Crippen LogP contribution in [0, 0.1) is 5.92 Å². The van der Waals surface area contributed by atoms with Gasteiger partial charge in [0.1, 0.15) is 0 Å². The maximum Gasteiger partial charge on any atom is 0.317 e. The summed E-state index contributed by atoms with van der Waals surface area (Å²) < 4.78 is 0. The average Bonchev–Trinajstić information content (AvgIpc) is 3.38. The lowest BCUT2D eigenvalue weighted by Gasteiger charge is -2.37. The van der Waals surface area contributed by atoms with Crippen LogP contribution < -0.4 is 5.32 Å². The van der Waals surface area contributed by atoms with Crippen LogP contribution >= 0.6 is 0 Å². The minimum atomic E-state index is 0.0211. The molecule has 3 rings (SSSR count). The lowest BCUT2D eigenvalue weighted by molar-refractivity contribution is -0.140. The molecule has 0 spiro atoms. The first-order chi connectivity index (χ1) is 10.7. The number of nitrogens with zero attached hydrogens (tertiary/aromatic N) is 3. The van der Waals surface area contributed by atoms with Gasteiger partial charge in [-0.3, -0.25) is 9.59 Å². The molecule has 0 aromatic rings. The Morgan fingerprint density at radius 1 is 0.864 bits per heavy atom. The zero-order chi connectivity index (χ0) is 15.5. The van der Waals surface area contributed by atoms with Crippen molar-refractivity contribution in [2.24, 2.45) is 5.92 Å². The van der Waals surface area contributed by atoms with Crippen LogP contribution in [0.15, 0.2) is 0 Å². The average molecular weight is 308 g/mol. The Balaban J connectivity index is 1.43. The molecule has 3 aliphatic rings. The van der Waals surface area contributed by atoms with Crippen molar-refractivity contribution in [2.45, 2.75) is 31.7 Å². The Morgan fingerprint density at radius 3 is 2.05 bits per heavy atom. The van der Waals surface area contributed by atoms with E-state index in [4.69, 9.17) is 0 Å². The van der Waals surface area contributed by atoms with E-state index in [2.05, 4.69) is 5.32 Å². The molecule has 0 unspecified atom stereocenters. The van der Waals surface area contributed by atoms with Crippen molar-refractivity contribution in [3.8, 4) is 0 Å². The minimum Gasteiger partial charge on any atom is -0.342 e. The third-order valence-electron chi connectivity index (χ3n) is 4.81. The predicted octanol–water partition coefficient (Wildman–Crippen LogP) is -0.129. The van der Waals surface area contributed by atoms with E-state index in [0.717, 1.165) is 32.1 Å². The molecule has 122 valence electrons. The summed E-state index contributed by atoms with van der Waals surface area (Å²) in [7, 11) is 0. The number of carbonyl (C=O) groups is 3. The second-order valence-corrected chi connectivity index (χ2v) is 6.45. The molecule has 2 saturated heterocycles. The molecular weight excluding hydrogens is 284 g/mol. The van der Waals surface area contributed by atoms with Crippen molar-refractivity contribution in [2.75, 3.05) is 39.3 Å². The molecule has 0 bridgehead atoms. The van der Waals surface area contributed by atoms with Gasteiger partial charge in [-0.15, -0.1) is 0 Å². The highest BCUT2D eigenvalue weighted by atomic mass is 16.2.